The highest BCUT2D eigenvalue weighted by molar-refractivity contribution is 5.46. The van der Waals surface area contributed by atoms with Crippen LogP contribution in [0.4, 0.5) is 5.69 Å². The Morgan fingerprint density at radius 3 is 2.26 bits per heavy atom. The first-order valence-electron chi connectivity index (χ1n) is 8.55. The van der Waals surface area contributed by atoms with E-state index < -0.39 is 0 Å². The standard InChI is InChI=1S/C17H28N4O2/c1-20-7-3-5-14(20)11-22-16-9-13(18)10-19-17(16)23-12-15-6-4-8-21(15)2/h9-10,14-15H,3-8,11-12,18H2,1-2H3/t14-,15-/m1/s1. The number of likely N-dealkylation sites (tertiary alicyclic amines) is 2. The number of ether oxygens (including phenoxy) is 2. The van der Waals surface area contributed by atoms with Crippen LogP contribution >= 0.6 is 0 Å². The maximum absolute atomic E-state index is 5.99. The lowest BCUT2D eigenvalue weighted by atomic mass is 10.2. The first-order valence-corrected chi connectivity index (χ1v) is 8.55. The number of likely N-dealkylation sites (N-methyl/N-ethyl adjacent to an activating group) is 2. The Balaban J connectivity index is 1.60. The van der Waals surface area contributed by atoms with E-state index in [-0.39, 0.29) is 0 Å². The Hall–Kier alpha value is -1.53. The smallest absolute Gasteiger partial charge is 0.257 e. The molecule has 0 bridgehead atoms. The van der Waals surface area contributed by atoms with Gasteiger partial charge in [0.25, 0.3) is 5.88 Å². The highest BCUT2D eigenvalue weighted by Crippen LogP contribution is 2.28. The predicted octanol–water partition coefficient (Wildman–Crippen LogP) is 1.61. The van der Waals surface area contributed by atoms with Gasteiger partial charge in [-0.1, -0.05) is 0 Å². The van der Waals surface area contributed by atoms with Gasteiger partial charge in [0.15, 0.2) is 5.75 Å². The van der Waals surface area contributed by atoms with Crippen LogP contribution in [0.1, 0.15) is 25.7 Å². The van der Waals surface area contributed by atoms with Gasteiger partial charge in [0, 0.05) is 18.2 Å². The molecule has 128 valence electrons. The molecule has 0 amide bonds. The van der Waals surface area contributed by atoms with Gasteiger partial charge in [-0.25, -0.2) is 4.98 Å². The number of hydrogen-bond acceptors (Lipinski definition) is 6. The fourth-order valence-electron chi connectivity index (χ4n) is 3.40. The highest BCUT2D eigenvalue weighted by Gasteiger charge is 2.24. The third kappa shape index (κ3) is 4.06. The van der Waals surface area contributed by atoms with Crippen LogP contribution in [0.5, 0.6) is 11.6 Å². The molecule has 2 fully saturated rings. The summed E-state index contributed by atoms with van der Waals surface area (Å²) in [5, 5.41) is 0. The van der Waals surface area contributed by atoms with Gasteiger partial charge in [-0.3, -0.25) is 0 Å². The molecule has 1 aromatic heterocycles. The van der Waals surface area contributed by atoms with E-state index in [0.717, 1.165) is 13.1 Å². The summed E-state index contributed by atoms with van der Waals surface area (Å²) in [6, 6.07) is 2.74. The molecule has 6 heteroatoms. The largest absolute Gasteiger partial charge is 0.486 e. The molecule has 3 rings (SSSR count). The number of pyridine rings is 1. The van der Waals surface area contributed by atoms with Crippen molar-refractivity contribution in [1.82, 2.24) is 14.8 Å². The summed E-state index contributed by atoms with van der Waals surface area (Å²) in [5.41, 5.74) is 6.46. The van der Waals surface area contributed by atoms with Crippen molar-refractivity contribution in [3.05, 3.63) is 12.3 Å². The van der Waals surface area contributed by atoms with Crippen molar-refractivity contribution in [3.8, 4) is 11.6 Å². The maximum Gasteiger partial charge on any atom is 0.257 e. The Bertz CT molecular complexity index is 525. The van der Waals surface area contributed by atoms with Crippen LogP contribution < -0.4 is 15.2 Å². The summed E-state index contributed by atoms with van der Waals surface area (Å²) in [6.45, 7) is 3.58. The predicted molar refractivity (Wildman–Crippen MR) is 90.9 cm³/mol. The van der Waals surface area contributed by atoms with Gasteiger partial charge in [0.05, 0.1) is 11.9 Å². The van der Waals surface area contributed by atoms with Gasteiger partial charge in [0.1, 0.15) is 13.2 Å². The van der Waals surface area contributed by atoms with Gasteiger partial charge < -0.3 is 25.0 Å². The number of rotatable bonds is 6. The lowest BCUT2D eigenvalue weighted by Crippen LogP contribution is -2.31. The molecule has 0 aromatic carbocycles. The molecular formula is C17H28N4O2. The van der Waals surface area contributed by atoms with Crippen molar-refractivity contribution >= 4 is 5.69 Å². The minimum atomic E-state index is 0.461. The zero-order valence-corrected chi connectivity index (χ0v) is 14.2. The van der Waals surface area contributed by atoms with E-state index in [1.165, 1.54) is 25.7 Å². The summed E-state index contributed by atoms with van der Waals surface area (Å²) < 4.78 is 11.9. The summed E-state index contributed by atoms with van der Waals surface area (Å²) >= 11 is 0. The third-order valence-electron chi connectivity index (χ3n) is 5.03. The maximum atomic E-state index is 5.99. The molecule has 1 aromatic rings. The quantitative estimate of drug-likeness (QED) is 0.859. The fraction of sp³-hybridized carbons (Fsp3) is 0.706. The average Bonchev–Trinajstić information content (AvgIpc) is 3.13. The SMILES string of the molecule is CN1CCC[C@@H]1COc1cc(N)cnc1OC[C@H]1CCCN1C. The minimum absolute atomic E-state index is 0.461. The number of nitrogens with zero attached hydrogens (tertiary/aromatic N) is 3. The average molecular weight is 320 g/mol. The Kier molecular flexibility index (Phi) is 5.23. The molecular weight excluding hydrogens is 292 g/mol. The molecule has 0 aliphatic carbocycles. The van der Waals surface area contributed by atoms with Crippen LogP contribution in [0, 0.1) is 0 Å². The van der Waals surface area contributed by atoms with Crippen molar-refractivity contribution in [1.29, 1.82) is 0 Å². The Labute approximate surface area is 138 Å². The topological polar surface area (TPSA) is 63.9 Å². The second kappa shape index (κ2) is 7.36. The van der Waals surface area contributed by atoms with Crippen LogP contribution in [-0.4, -0.2) is 67.3 Å². The zero-order chi connectivity index (χ0) is 16.2. The van der Waals surface area contributed by atoms with Crippen molar-refractivity contribution in [2.75, 3.05) is 46.1 Å². The van der Waals surface area contributed by atoms with Gasteiger partial charge in [-0.2, -0.15) is 0 Å². The second-order valence-corrected chi connectivity index (χ2v) is 6.75. The van der Waals surface area contributed by atoms with E-state index in [0.29, 0.717) is 42.6 Å². The highest BCUT2D eigenvalue weighted by atomic mass is 16.5. The third-order valence-corrected chi connectivity index (χ3v) is 5.03. The number of hydrogen-bond donors (Lipinski definition) is 1. The first kappa shape index (κ1) is 16.3. The van der Waals surface area contributed by atoms with Gasteiger partial charge in [0.2, 0.25) is 0 Å². The molecule has 6 nitrogen and oxygen atoms in total. The minimum Gasteiger partial charge on any atom is -0.486 e. The molecule has 3 heterocycles. The molecule has 23 heavy (non-hydrogen) atoms. The molecule has 2 atom stereocenters. The molecule has 0 spiro atoms. The molecule has 0 unspecified atom stereocenters. The zero-order valence-electron chi connectivity index (χ0n) is 14.2. The van der Waals surface area contributed by atoms with Crippen LogP contribution in [0.3, 0.4) is 0 Å². The Morgan fingerprint density at radius 1 is 1.09 bits per heavy atom. The molecule has 2 N–H and O–H groups in total. The Morgan fingerprint density at radius 2 is 1.70 bits per heavy atom. The summed E-state index contributed by atoms with van der Waals surface area (Å²) in [5.74, 6) is 1.21. The number of anilines is 1. The van der Waals surface area contributed by atoms with Crippen LogP contribution in [-0.2, 0) is 0 Å². The van der Waals surface area contributed by atoms with Crippen LogP contribution in [0.15, 0.2) is 12.3 Å². The normalized spacial score (nSPS) is 25.8. The number of nitrogen functional groups attached to an aromatic ring is 1. The van der Waals surface area contributed by atoms with E-state index in [9.17, 15) is 0 Å². The van der Waals surface area contributed by atoms with Crippen LogP contribution in [0.2, 0.25) is 0 Å². The number of nitrogens with two attached hydrogens (primary N) is 1. The van der Waals surface area contributed by atoms with Gasteiger partial charge in [-0.15, -0.1) is 0 Å². The summed E-state index contributed by atoms with van der Waals surface area (Å²) in [7, 11) is 4.29. The fourth-order valence-corrected chi connectivity index (χ4v) is 3.40. The van der Waals surface area contributed by atoms with E-state index in [1.807, 2.05) is 6.07 Å². The van der Waals surface area contributed by atoms with E-state index in [2.05, 4.69) is 28.9 Å². The molecule has 2 aliphatic heterocycles. The lowest BCUT2D eigenvalue weighted by Gasteiger charge is -2.22. The van der Waals surface area contributed by atoms with E-state index >= 15 is 0 Å². The monoisotopic (exact) mass is 320 g/mol. The van der Waals surface area contributed by atoms with Crippen LogP contribution in [0.25, 0.3) is 0 Å². The molecule has 0 saturated carbocycles. The molecule has 2 saturated heterocycles. The van der Waals surface area contributed by atoms with Gasteiger partial charge in [-0.05, 0) is 52.9 Å². The lowest BCUT2D eigenvalue weighted by molar-refractivity contribution is 0.169. The summed E-state index contributed by atoms with van der Waals surface area (Å²) in [6.07, 6.45) is 6.44. The van der Waals surface area contributed by atoms with Crippen molar-refractivity contribution in [3.63, 3.8) is 0 Å². The molecule has 0 radical (unpaired) electrons. The molecule has 2 aliphatic rings. The summed E-state index contributed by atoms with van der Waals surface area (Å²) in [4.78, 5) is 9.00. The van der Waals surface area contributed by atoms with Crippen molar-refractivity contribution in [2.24, 2.45) is 0 Å². The van der Waals surface area contributed by atoms with E-state index in [1.54, 1.807) is 6.20 Å². The van der Waals surface area contributed by atoms with E-state index in [4.69, 9.17) is 15.2 Å². The van der Waals surface area contributed by atoms with Gasteiger partial charge >= 0.3 is 0 Å². The number of aromatic nitrogens is 1. The first-order chi connectivity index (χ1) is 11.1. The van der Waals surface area contributed by atoms with Crippen molar-refractivity contribution in [2.45, 2.75) is 37.8 Å². The second-order valence-electron chi connectivity index (χ2n) is 6.75. The van der Waals surface area contributed by atoms with Crippen molar-refractivity contribution < 1.29 is 9.47 Å².